The zero-order valence-corrected chi connectivity index (χ0v) is 16.8. The highest BCUT2D eigenvalue weighted by atomic mass is 35.5. The Hall–Kier alpha value is -1.64. The third kappa shape index (κ3) is 3.70. The van der Waals surface area contributed by atoms with Crippen molar-refractivity contribution < 1.29 is 14.4 Å². The summed E-state index contributed by atoms with van der Waals surface area (Å²) in [4.78, 5) is 43.8. The summed E-state index contributed by atoms with van der Waals surface area (Å²) in [7, 11) is 0. The summed E-state index contributed by atoms with van der Waals surface area (Å²) in [6.07, 6.45) is 1.89. The predicted molar refractivity (Wildman–Crippen MR) is 103 cm³/mol. The Kier molecular flexibility index (Phi) is 4.90. The van der Waals surface area contributed by atoms with Gasteiger partial charge in [-0.05, 0) is 37.8 Å². The largest absolute Gasteiger partial charge is 0.339 e. The van der Waals surface area contributed by atoms with Crippen molar-refractivity contribution in [1.29, 1.82) is 0 Å². The number of nitrogens with one attached hydrogen (secondary N) is 1. The monoisotopic (exact) mass is 410 g/mol. The molecular formula is C18H23ClN4O3S. The molecule has 1 unspecified atom stereocenters. The number of thiophene rings is 1. The quantitative estimate of drug-likeness (QED) is 0.751. The number of nitrogens with zero attached hydrogens (tertiary/aromatic N) is 3. The Morgan fingerprint density at radius 2 is 1.96 bits per heavy atom. The lowest BCUT2D eigenvalue weighted by molar-refractivity contribution is -0.140. The van der Waals surface area contributed by atoms with E-state index in [2.05, 4.69) is 10.2 Å². The van der Waals surface area contributed by atoms with Crippen LogP contribution in [0.4, 0.5) is 4.79 Å². The maximum Gasteiger partial charge on any atom is 0.325 e. The van der Waals surface area contributed by atoms with E-state index >= 15 is 0 Å². The standard InChI is InChI=1S/C18H23ClN4O3S/c1-18(12-2-3-12)16(25)23(17(26)20-18)11-15(24)22-8-6-21(7-9-22)10-13-4-5-14(19)27-13/h4-5,12H,2-3,6-11H2,1H3,(H,20,26). The Morgan fingerprint density at radius 1 is 1.26 bits per heavy atom. The molecule has 1 aromatic heterocycles. The topological polar surface area (TPSA) is 73.0 Å². The zero-order valence-electron chi connectivity index (χ0n) is 15.2. The lowest BCUT2D eigenvalue weighted by Crippen LogP contribution is -2.52. The fourth-order valence-electron chi connectivity index (χ4n) is 3.84. The molecule has 0 spiro atoms. The first kappa shape index (κ1) is 18.7. The van der Waals surface area contributed by atoms with Crippen LogP contribution in [0.3, 0.4) is 0 Å². The molecule has 1 saturated carbocycles. The van der Waals surface area contributed by atoms with Crippen molar-refractivity contribution in [3.63, 3.8) is 0 Å². The van der Waals surface area contributed by atoms with Crippen LogP contribution < -0.4 is 5.32 Å². The van der Waals surface area contributed by atoms with E-state index in [1.165, 1.54) is 4.88 Å². The van der Waals surface area contributed by atoms with Crippen LogP contribution in [0.15, 0.2) is 12.1 Å². The van der Waals surface area contributed by atoms with Crippen LogP contribution in [0.1, 0.15) is 24.6 Å². The molecule has 2 aliphatic heterocycles. The van der Waals surface area contributed by atoms with Gasteiger partial charge in [0.2, 0.25) is 5.91 Å². The van der Waals surface area contributed by atoms with E-state index in [9.17, 15) is 14.4 Å². The molecule has 1 aromatic rings. The molecule has 2 saturated heterocycles. The summed E-state index contributed by atoms with van der Waals surface area (Å²) in [5, 5.41) is 2.79. The van der Waals surface area contributed by atoms with Gasteiger partial charge in [-0.25, -0.2) is 4.79 Å². The Labute approximate surface area is 167 Å². The summed E-state index contributed by atoms with van der Waals surface area (Å²) in [5.74, 6) is -0.239. The fourth-order valence-corrected chi connectivity index (χ4v) is 4.97. The highest BCUT2D eigenvalue weighted by Crippen LogP contribution is 2.42. The molecule has 4 amide bonds. The molecular weight excluding hydrogens is 388 g/mol. The van der Waals surface area contributed by atoms with Crippen molar-refractivity contribution >= 4 is 40.8 Å². The first-order valence-electron chi connectivity index (χ1n) is 9.25. The lowest BCUT2D eigenvalue weighted by atomic mass is 9.96. The van der Waals surface area contributed by atoms with E-state index in [0.29, 0.717) is 13.1 Å². The Bertz CT molecular complexity index is 772. The molecule has 0 aromatic carbocycles. The Balaban J connectivity index is 1.29. The van der Waals surface area contributed by atoms with E-state index < -0.39 is 11.6 Å². The van der Waals surface area contributed by atoms with E-state index in [0.717, 1.165) is 41.7 Å². The normalized spacial score (nSPS) is 26.6. The van der Waals surface area contributed by atoms with Crippen LogP contribution in [-0.4, -0.2) is 70.8 Å². The number of imide groups is 1. The molecule has 0 radical (unpaired) electrons. The van der Waals surface area contributed by atoms with Gasteiger partial charge in [-0.2, -0.15) is 0 Å². The second-order valence-electron chi connectivity index (χ2n) is 7.66. The first-order chi connectivity index (χ1) is 12.9. The van der Waals surface area contributed by atoms with Gasteiger partial charge >= 0.3 is 6.03 Å². The summed E-state index contributed by atoms with van der Waals surface area (Å²) >= 11 is 7.55. The van der Waals surface area contributed by atoms with Gasteiger partial charge in [-0.1, -0.05) is 11.6 Å². The van der Waals surface area contributed by atoms with Gasteiger partial charge in [0.15, 0.2) is 0 Å². The molecule has 3 heterocycles. The maximum atomic E-state index is 12.6. The van der Waals surface area contributed by atoms with Crippen molar-refractivity contribution in [3.8, 4) is 0 Å². The molecule has 3 aliphatic rings. The van der Waals surface area contributed by atoms with E-state index in [4.69, 9.17) is 11.6 Å². The number of piperazine rings is 1. The summed E-state index contributed by atoms with van der Waals surface area (Å²) in [5.41, 5.74) is -0.835. The smallest absolute Gasteiger partial charge is 0.325 e. The molecule has 1 atom stereocenters. The van der Waals surface area contributed by atoms with Gasteiger partial charge in [0, 0.05) is 37.6 Å². The summed E-state index contributed by atoms with van der Waals surface area (Å²) in [6.45, 7) is 5.15. The fraction of sp³-hybridized carbons (Fsp3) is 0.611. The number of amides is 4. The molecule has 146 valence electrons. The number of halogens is 1. The van der Waals surface area contributed by atoms with Gasteiger partial charge < -0.3 is 10.2 Å². The Morgan fingerprint density at radius 3 is 2.56 bits per heavy atom. The second-order valence-corrected chi connectivity index (χ2v) is 9.46. The van der Waals surface area contributed by atoms with E-state index in [1.54, 1.807) is 23.2 Å². The highest BCUT2D eigenvalue weighted by molar-refractivity contribution is 7.16. The molecule has 0 bridgehead atoms. The number of carbonyl (C=O) groups is 3. The minimum Gasteiger partial charge on any atom is -0.339 e. The van der Waals surface area contributed by atoms with Gasteiger partial charge in [0.1, 0.15) is 12.1 Å². The molecule has 4 rings (SSSR count). The van der Waals surface area contributed by atoms with Gasteiger partial charge in [0.05, 0.1) is 4.34 Å². The van der Waals surface area contributed by atoms with E-state index in [1.807, 2.05) is 12.1 Å². The first-order valence-corrected chi connectivity index (χ1v) is 10.4. The minimum absolute atomic E-state index is 0.169. The van der Waals surface area contributed by atoms with Crippen LogP contribution in [0.25, 0.3) is 0 Å². The predicted octanol–water partition coefficient (Wildman–Crippen LogP) is 1.77. The molecule has 1 N–H and O–H groups in total. The van der Waals surface area contributed by atoms with Crippen LogP contribution >= 0.6 is 22.9 Å². The minimum atomic E-state index is -0.835. The summed E-state index contributed by atoms with van der Waals surface area (Å²) < 4.78 is 0.783. The van der Waals surface area contributed by atoms with Gasteiger partial charge in [-0.15, -0.1) is 11.3 Å². The highest BCUT2D eigenvalue weighted by Gasteiger charge is 2.56. The number of urea groups is 1. The zero-order chi connectivity index (χ0) is 19.2. The number of carbonyl (C=O) groups excluding carboxylic acids is 3. The van der Waals surface area contributed by atoms with Crippen molar-refractivity contribution in [2.24, 2.45) is 5.92 Å². The van der Waals surface area contributed by atoms with E-state index in [-0.39, 0.29) is 24.3 Å². The maximum absolute atomic E-state index is 12.6. The van der Waals surface area contributed by atoms with Crippen molar-refractivity contribution in [3.05, 3.63) is 21.3 Å². The molecule has 1 aliphatic carbocycles. The third-order valence-corrected chi connectivity index (χ3v) is 6.94. The third-order valence-electron chi connectivity index (χ3n) is 5.72. The van der Waals surface area contributed by atoms with Crippen LogP contribution in [0.2, 0.25) is 4.34 Å². The second kappa shape index (κ2) is 7.07. The summed E-state index contributed by atoms with van der Waals surface area (Å²) in [6, 6.07) is 3.48. The molecule has 9 heteroatoms. The van der Waals surface area contributed by atoms with Crippen molar-refractivity contribution in [2.45, 2.75) is 31.8 Å². The van der Waals surface area contributed by atoms with Crippen LogP contribution in [0.5, 0.6) is 0 Å². The SMILES string of the molecule is CC1(C2CC2)NC(=O)N(CC(=O)N2CCN(Cc3ccc(Cl)s3)CC2)C1=O. The average Bonchev–Trinajstić information content (AvgIpc) is 3.39. The molecule has 3 fully saturated rings. The van der Waals surface area contributed by atoms with Crippen LogP contribution in [-0.2, 0) is 16.1 Å². The van der Waals surface area contributed by atoms with Crippen molar-refractivity contribution in [1.82, 2.24) is 20.0 Å². The van der Waals surface area contributed by atoms with Gasteiger partial charge in [0.25, 0.3) is 5.91 Å². The average molecular weight is 411 g/mol. The molecule has 7 nitrogen and oxygen atoms in total. The number of rotatable bonds is 5. The number of hydrogen-bond donors (Lipinski definition) is 1. The number of hydrogen-bond acceptors (Lipinski definition) is 5. The van der Waals surface area contributed by atoms with Crippen molar-refractivity contribution in [2.75, 3.05) is 32.7 Å². The van der Waals surface area contributed by atoms with Crippen LogP contribution in [0, 0.1) is 5.92 Å². The lowest BCUT2D eigenvalue weighted by Gasteiger charge is -2.35. The molecule has 27 heavy (non-hydrogen) atoms. The van der Waals surface area contributed by atoms with Gasteiger partial charge in [-0.3, -0.25) is 19.4 Å².